The molecule has 0 bridgehead atoms. The Hall–Kier alpha value is -2.53. The van der Waals surface area contributed by atoms with E-state index in [0.717, 1.165) is 29.8 Å². The zero-order valence-electron chi connectivity index (χ0n) is 17.5. The average molecular weight is 414 g/mol. The van der Waals surface area contributed by atoms with Gasteiger partial charge in [-0.25, -0.2) is 4.98 Å². The molecule has 0 radical (unpaired) electrons. The fourth-order valence-electron chi connectivity index (χ4n) is 3.51. The molecule has 0 saturated heterocycles. The van der Waals surface area contributed by atoms with Crippen LogP contribution < -0.4 is 4.74 Å². The van der Waals surface area contributed by atoms with Crippen LogP contribution >= 0.6 is 11.6 Å². The predicted molar refractivity (Wildman–Crippen MR) is 118 cm³/mol. The molecule has 2 aromatic carbocycles. The predicted octanol–water partition coefficient (Wildman–Crippen LogP) is 5.41. The Morgan fingerprint density at radius 3 is 2.72 bits per heavy atom. The molecule has 1 amide bonds. The second kappa shape index (κ2) is 9.31. The fraction of sp³-hybridized carbons (Fsp3) is 0.391. The maximum absolute atomic E-state index is 13.3. The number of aryl methyl sites for hydroxylation is 1. The van der Waals surface area contributed by atoms with Gasteiger partial charge in [-0.1, -0.05) is 38.4 Å². The van der Waals surface area contributed by atoms with Gasteiger partial charge in [0.05, 0.1) is 24.7 Å². The van der Waals surface area contributed by atoms with Gasteiger partial charge < -0.3 is 14.2 Å². The minimum absolute atomic E-state index is 0.0225. The number of nitrogens with zero attached hydrogens (tertiary/aromatic N) is 3. The first kappa shape index (κ1) is 21.2. The summed E-state index contributed by atoms with van der Waals surface area (Å²) in [6.07, 6.45) is 0.971. The van der Waals surface area contributed by atoms with E-state index >= 15 is 0 Å². The van der Waals surface area contributed by atoms with Gasteiger partial charge in [0.2, 0.25) is 0 Å². The molecular formula is C23H28ClN3O2. The summed E-state index contributed by atoms with van der Waals surface area (Å²) in [5, 5.41) is 0.688. The number of hydrogen-bond acceptors (Lipinski definition) is 3. The zero-order valence-corrected chi connectivity index (χ0v) is 18.2. The monoisotopic (exact) mass is 413 g/mol. The molecule has 3 aromatic rings. The summed E-state index contributed by atoms with van der Waals surface area (Å²) in [5.41, 5.74) is 2.52. The molecule has 1 heterocycles. The SMILES string of the molecule is CCCn1c(CN(CC(C)C)C(=O)c2cccc(OC)c2)nc2ccc(Cl)cc21. The van der Waals surface area contributed by atoms with Crippen molar-refractivity contribution >= 4 is 28.5 Å². The summed E-state index contributed by atoms with van der Waals surface area (Å²) >= 11 is 6.22. The van der Waals surface area contributed by atoms with Gasteiger partial charge in [0, 0.05) is 23.7 Å². The topological polar surface area (TPSA) is 47.4 Å². The van der Waals surface area contributed by atoms with Crippen LogP contribution in [0.2, 0.25) is 5.02 Å². The third-order valence-corrected chi connectivity index (χ3v) is 4.99. The van der Waals surface area contributed by atoms with Crippen LogP contribution in [-0.2, 0) is 13.1 Å². The summed E-state index contributed by atoms with van der Waals surface area (Å²) < 4.78 is 7.46. The number of ether oxygens (including phenoxy) is 1. The first-order valence-corrected chi connectivity index (χ1v) is 10.4. The summed E-state index contributed by atoms with van der Waals surface area (Å²) in [4.78, 5) is 20.0. The van der Waals surface area contributed by atoms with Gasteiger partial charge in [-0.05, 0) is 48.7 Å². The van der Waals surface area contributed by atoms with Crippen molar-refractivity contribution in [1.82, 2.24) is 14.5 Å². The van der Waals surface area contributed by atoms with Gasteiger partial charge >= 0.3 is 0 Å². The molecule has 0 aliphatic rings. The van der Waals surface area contributed by atoms with E-state index < -0.39 is 0 Å². The highest BCUT2D eigenvalue weighted by Crippen LogP contribution is 2.23. The molecule has 0 fully saturated rings. The van der Waals surface area contributed by atoms with Crippen LogP contribution in [0, 0.1) is 5.92 Å². The molecule has 0 N–H and O–H groups in total. The molecule has 6 heteroatoms. The first-order chi connectivity index (χ1) is 13.9. The lowest BCUT2D eigenvalue weighted by Crippen LogP contribution is -2.34. The number of carbonyl (C=O) groups excluding carboxylic acids is 1. The largest absolute Gasteiger partial charge is 0.497 e. The highest BCUT2D eigenvalue weighted by Gasteiger charge is 2.21. The number of benzene rings is 2. The number of amides is 1. The minimum Gasteiger partial charge on any atom is -0.497 e. The Morgan fingerprint density at radius 1 is 1.24 bits per heavy atom. The Labute approximate surface area is 177 Å². The van der Waals surface area contributed by atoms with Crippen LogP contribution in [0.1, 0.15) is 43.4 Å². The maximum atomic E-state index is 13.3. The molecule has 0 aliphatic carbocycles. The van der Waals surface area contributed by atoms with Crippen molar-refractivity contribution < 1.29 is 9.53 Å². The van der Waals surface area contributed by atoms with E-state index in [1.54, 1.807) is 13.2 Å². The van der Waals surface area contributed by atoms with Crippen LogP contribution in [0.15, 0.2) is 42.5 Å². The average Bonchev–Trinajstić information content (AvgIpc) is 3.03. The Morgan fingerprint density at radius 2 is 2.03 bits per heavy atom. The Bertz CT molecular complexity index is 997. The van der Waals surface area contributed by atoms with E-state index in [1.165, 1.54) is 0 Å². The van der Waals surface area contributed by atoms with Gasteiger partial charge in [-0.15, -0.1) is 0 Å². The first-order valence-electron chi connectivity index (χ1n) is 10.0. The number of aromatic nitrogens is 2. The number of hydrogen-bond donors (Lipinski definition) is 0. The third-order valence-electron chi connectivity index (χ3n) is 4.76. The third kappa shape index (κ3) is 4.91. The van der Waals surface area contributed by atoms with Gasteiger partial charge in [-0.3, -0.25) is 4.79 Å². The number of rotatable bonds is 8. The van der Waals surface area contributed by atoms with E-state index in [0.29, 0.717) is 35.3 Å². The standard InChI is InChI=1S/C23H28ClN3O2/c1-5-11-27-21-13-18(24)9-10-20(21)25-22(27)15-26(14-16(2)3)23(28)17-7-6-8-19(12-17)29-4/h6-10,12-13,16H,5,11,14-15H2,1-4H3. The van der Waals surface area contributed by atoms with Crippen LogP contribution in [0.25, 0.3) is 11.0 Å². The fourth-order valence-corrected chi connectivity index (χ4v) is 3.68. The maximum Gasteiger partial charge on any atom is 0.254 e. The zero-order chi connectivity index (χ0) is 21.0. The quantitative estimate of drug-likeness (QED) is 0.496. The van der Waals surface area contributed by atoms with Crippen molar-refractivity contribution in [3.8, 4) is 5.75 Å². The molecule has 0 unspecified atom stereocenters. The molecule has 3 rings (SSSR count). The summed E-state index contributed by atoms with van der Waals surface area (Å²) in [6, 6.07) is 13.0. The highest BCUT2D eigenvalue weighted by molar-refractivity contribution is 6.31. The molecule has 0 saturated carbocycles. The van der Waals surface area contributed by atoms with E-state index in [-0.39, 0.29) is 5.91 Å². The van der Waals surface area contributed by atoms with Crippen molar-refractivity contribution in [1.29, 1.82) is 0 Å². The summed E-state index contributed by atoms with van der Waals surface area (Å²) in [7, 11) is 1.60. The van der Waals surface area contributed by atoms with Crippen LogP contribution in [0.4, 0.5) is 0 Å². The normalized spacial score (nSPS) is 11.2. The van der Waals surface area contributed by atoms with Gasteiger partial charge in [0.25, 0.3) is 5.91 Å². The molecule has 0 aliphatic heterocycles. The highest BCUT2D eigenvalue weighted by atomic mass is 35.5. The van der Waals surface area contributed by atoms with E-state index in [2.05, 4.69) is 25.3 Å². The number of fused-ring (bicyclic) bond motifs is 1. The molecule has 29 heavy (non-hydrogen) atoms. The van der Waals surface area contributed by atoms with Crippen molar-refractivity contribution in [3.05, 3.63) is 58.9 Å². The van der Waals surface area contributed by atoms with Crippen molar-refractivity contribution in [2.75, 3.05) is 13.7 Å². The molecule has 0 spiro atoms. The minimum atomic E-state index is -0.0225. The molecule has 1 aromatic heterocycles. The van der Waals surface area contributed by atoms with E-state index in [4.69, 9.17) is 21.3 Å². The Balaban J connectivity index is 1.98. The van der Waals surface area contributed by atoms with E-state index in [9.17, 15) is 4.79 Å². The lowest BCUT2D eigenvalue weighted by molar-refractivity contribution is 0.0716. The van der Waals surface area contributed by atoms with Gasteiger partial charge in [-0.2, -0.15) is 0 Å². The van der Waals surface area contributed by atoms with E-state index in [1.807, 2.05) is 41.3 Å². The lowest BCUT2D eigenvalue weighted by atomic mass is 10.1. The number of methoxy groups -OCH3 is 1. The smallest absolute Gasteiger partial charge is 0.254 e. The number of imidazole rings is 1. The van der Waals surface area contributed by atoms with Crippen molar-refractivity contribution in [2.45, 2.75) is 40.3 Å². The second-order valence-corrected chi connectivity index (χ2v) is 8.06. The van der Waals surface area contributed by atoms with Crippen LogP contribution in [0.5, 0.6) is 5.75 Å². The molecular weight excluding hydrogens is 386 g/mol. The summed E-state index contributed by atoms with van der Waals surface area (Å²) in [5.74, 6) is 1.86. The van der Waals surface area contributed by atoms with Gasteiger partial charge in [0.1, 0.15) is 11.6 Å². The van der Waals surface area contributed by atoms with Gasteiger partial charge in [0.15, 0.2) is 0 Å². The lowest BCUT2D eigenvalue weighted by Gasteiger charge is -2.25. The molecule has 154 valence electrons. The molecule has 0 atom stereocenters. The number of halogens is 1. The molecule has 5 nitrogen and oxygen atoms in total. The van der Waals surface area contributed by atoms with Crippen molar-refractivity contribution in [3.63, 3.8) is 0 Å². The second-order valence-electron chi connectivity index (χ2n) is 7.62. The Kier molecular flexibility index (Phi) is 6.80. The van der Waals surface area contributed by atoms with Crippen molar-refractivity contribution in [2.24, 2.45) is 5.92 Å². The van der Waals surface area contributed by atoms with Crippen LogP contribution in [-0.4, -0.2) is 34.0 Å². The summed E-state index contributed by atoms with van der Waals surface area (Å²) in [6.45, 7) is 8.27. The number of carbonyl (C=O) groups is 1. The van der Waals surface area contributed by atoms with Crippen LogP contribution in [0.3, 0.4) is 0 Å².